The molecule has 4 N–H and O–H groups in total. The number of aliphatic hydroxyl groups is 3. The van der Waals surface area contributed by atoms with Crippen LogP contribution in [0.5, 0.6) is 0 Å². The minimum absolute atomic E-state index is 0.147. The van der Waals surface area contributed by atoms with Crippen LogP contribution in [-0.2, 0) is 4.79 Å². The van der Waals surface area contributed by atoms with E-state index in [4.69, 9.17) is 0 Å². The van der Waals surface area contributed by atoms with Gasteiger partial charge in [0.25, 0.3) is 0 Å². The number of allylic oxidation sites excluding steroid dienone is 4. The lowest BCUT2D eigenvalue weighted by Gasteiger charge is -2.26. The lowest BCUT2D eigenvalue weighted by Crippen LogP contribution is -2.50. The summed E-state index contributed by atoms with van der Waals surface area (Å²) >= 11 is 0. The minimum Gasteiger partial charge on any atom is -0.394 e. The van der Waals surface area contributed by atoms with E-state index in [1.165, 1.54) is 289 Å². The monoisotopic (exact) mass is 972 g/mol. The smallest absolute Gasteiger partial charge is 0.220 e. The minimum atomic E-state index is -1.16. The third-order valence-corrected chi connectivity index (χ3v) is 15.0. The van der Waals surface area contributed by atoms with E-state index in [0.29, 0.717) is 12.8 Å². The van der Waals surface area contributed by atoms with Crippen molar-refractivity contribution in [2.75, 3.05) is 6.61 Å². The first-order chi connectivity index (χ1) is 34.1. The second-order valence-electron chi connectivity index (χ2n) is 22.0. The number of hydrogen-bond acceptors (Lipinski definition) is 4. The van der Waals surface area contributed by atoms with Gasteiger partial charge in [0.15, 0.2) is 0 Å². The van der Waals surface area contributed by atoms with Crippen LogP contribution in [0.2, 0.25) is 0 Å². The second-order valence-corrected chi connectivity index (χ2v) is 22.0. The second kappa shape index (κ2) is 59.4. The average molecular weight is 973 g/mol. The summed E-state index contributed by atoms with van der Waals surface area (Å²) in [4.78, 5) is 12.5. The van der Waals surface area contributed by atoms with Crippen molar-refractivity contribution < 1.29 is 20.1 Å². The molecule has 0 bridgehead atoms. The van der Waals surface area contributed by atoms with E-state index in [1.807, 2.05) is 0 Å². The summed E-state index contributed by atoms with van der Waals surface area (Å²) < 4.78 is 0. The first kappa shape index (κ1) is 67.8. The maximum atomic E-state index is 12.5. The average Bonchev–Trinajstić information content (AvgIpc) is 3.35. The molecule has 0 spiro atoms. The lowest BCUT2D eigenvalue weighted by atomic mass is 10.0. The Balaban J connectivity index is 3.50. The Morgan fingerprint density at radius 2 is 0.580 bits per heavy atom. The van der Waals surface area contributed by atoms with E-state index < -0.39 is 18.2 Å². The molecular formula is C64H125NO4. The topological polar surface area (TPSA) is 89.8 Å². The summed E-state index contributed by atoms with van der Waals surface area (Å²) in [7, 11) is 0. The van der Waals surface area contributed by atoms with Gasteiger partial charge in [-0.2, -0.15) is 0 Å². The number of unbranched alkanes of at least 4 members (excludes halogenated alkanes) is 47. The number of carbonyl (C=O) groups excluding carboxylic acids is 1. The molecule has 0 saturated heterocycles. The first-order valence-corrected chi connectivity index (χ1v) is 31.6. The molecule has 3 atom stereocenters. The van der Waals surface area contributed by atoms with Crippen LogP contribution in [0, 0.1) is 0 Å². The Morgan fingerprint density at radius 1 is 0.348 bits per heavy atom. The van der Waals surface area contributed by atoms with Crippen molar-refractivity contribution in [3.63, 3.8) is 0 Å². The summed E-state index contributed by atoms with van der Waals surface area (Å²) in [5, 5.41) is 33.8. The van der Waals surface area contributed by atoms with Gasteiger partial charge in [-0.05, 0) is 64.2 Å². The van der Waals surface area contributed by atoms with Gasteiger partial charge in [0.1, 0.15) is 6.10 Å². The number of aliphatic hydroxyl groups excluding tert-OH is 3. The van der Waals surface area contributed by atoms with E-state index in [-0.39, 0.29) is 12.5 Å². The van der Waals surface area contributed by atoms with E-state index in [1.54, 1.807) is 0 Å². The van der Waals surface area contributed by atoms with Crippen molar-refractivity contribution in [1.82, 2.24) is 5.32 Å². The highest BCUT2D eigenvalue weighted by Gasteiger charge is 2.26. The molecule has 0 aromatic carbocycles. The molecule has 0 rings (SSSR count). The van der Waals surface area contributed by atoms with Crippen molar-refractivity contribution in [1.29, 1.82) is 0 Å². The molecule has 0 heterocycles. The molecular weight excluding hydrogens is 847 g/mol. The molecule has 0 aliphatic carbocycles. The first-order valence-electron chi connectivity index (χ1n) is 31.6. The fraction of sp³-hybridized carbons (Fsp3) is 0.922. The van der Waals surface area contributed by atoms with Gasteiger partial charge in [-0.25, -0.2) is 0 Å². The SMILES string of the molecule is CCCCCCCCCCCCCC/C=C\CCCCCCCCCCCCCCCCCCC(=O)NC(CO)C(O)C(O)CCC/C=C/CCCCCCCCCCCCCCCCCCCC. The molecule has 5 heteroatoms. The largest absolute Gasteiger partial charge is 0.394 e. The fourth-order valence-corrected chi connectivity index (χ4v) is 10.2. The van der Waals surface area contributed by atoms with E-state index in [2.05, 4.69) is 43.5 Å². The zero-order chi connectivity index (χ0) is 50.0. The summed E-state index contributed by atoms with van der Waals surface area (Å²) in [5.74, 6) is -0.147. The quantitative estimate of drug-likeness (QED) is 0.0361. The summed E-state index contributed by atoms with van der Waals surface area (Å²) in [5.41, 5.74) is 0. The highest BCUT2D eigenvalue weighted by molar-refractivity contribution is 5.76. The molecule has 0 aromatic heterocycles. The summed E-state index contributed by atoms with van der Waals surface area (Å²) in [6.07, 6.45) is 76.5. The Labute approximate surface area is 432 Å². The van der Waals surface area contributed by atoms with Crippen LogP contribution in [0.1, 0.15) is 354 Å². The molecule has 0 aliphatic heterocycles. The van der Waals surface area contributed by atoms with Crippen molar-refractivity contribution in [3.05, 3.63) is 24.3 Å². The van der Waals surface area contributed by atoms with Crippen LogP contribution in [-0.4, -0.2) is 46.1 Å². The van der Waals surface area contributed by atoms with Gasteiger partial charge in [0, 0.05) is 6.42 Å². The molecule has 1 amide bonds. The third kappa shape index (κ3) is 54.4. The van der Waals surface area contributed by atoms with Gasteiger partial charge < -0.3 is 20.6 Å². The van der Waals surface area contributed by atoms with Crippen LogP contribution in [0.3, 0.4) is 0 Å². The fourth-order valence-electron chi connectivity index (χ4n) is 10.2. The van der Waals surface area contributed by atoms with E-state index >= 15 is 0 Å². The van der Waals surface area contributed by atoms with Gasteiger partial charge in [0.05, 0.1) is 18.8 Å². The molecule has 410 valence electrons. The molecule has 0 aliphatic rings. The highest BCUT2D eigenvalue weighted by atomic mass is 16.3. The number of hydrogen-bond donors (Lipinski definition) is 4. The molecule has 3 unspecified atom stereocenters. The Kier molecular flexibility index (Phi) is 58.4. The van der Waals surface area contributed by atoms with Crippen molar-refractivity contribution in [2.45, 2.75) is 372 Å². The molecule has 0 aromatic rings. The number of carbonyl (C=O) groups is 1. The summed E-state index contributed by atoms with van der Waals surface area (Å²) in [6.45, 7) is 4.22. The molecule has 5 nitrogen and oxygen atoms in total. The van der Waals surface area contributed by atoms with Gasteiger partial charge >= 0.3 is 0 Å². The molecule has 69 heavy (non-hydrogen) atoms. The Hall–Kier alpha value is -1.17. The van der Waals surface area contributed by atoms with Crippen LogP contribution < -0.4 is 5.32 Å². The van der Waals surface area contributed by atoms with Gasteiger partial charge in [-0.3, -0.25) is 4.79 Å². The highest BCUT2D eigenvalue weighted by Crippen LogP contribution is 2.18. The van der Waals surface area contributed by atoms with Gasteiger partial charge in [-0.15, -0.1) is 0 Å². The van der Waals surface area contributed by atoms with Crippen molar-refractivity contribution >= 4 is 5.91 Å². The van der Waals surface area contributed by atoms with Gasteiger partial charge in [-0.1, -0.05) is 308 Å². The Bertz CT molecular complexity index is 1030. The maximum absolute atomic E-state index is 12.5. The predicted octanol–water partition coefficient (Wildman–Crippen LogP) is 20.0. The van der Waals surface area contributed by atoms with E-state index in [9.17, 15) is 20.1 Å². The molecule has 0 radical (unpaired) electrons. The molecule has 0 fully saturated rings. The normalized spacial score (nSPS) is 13.3. The predicted molar refractivity (Wildman–Crippen MR) is 305 cm³/mol. The van der Waals surface area contributed by atoms with Crippen LogP contribution in [0.4, 0.5) is 0 Å². The van der Waals surface area contributed by atoms with Crippen molar-refractivity contribution in [3.8, 4) is 0 Å². The Morgan fingerprint density at radius 3 is 0.841 bits per heavy atom. The lowest BCUT2D eigenvalue weighted by molar-refractivity contribution is -0.124. The van der Waals surface area contributed by atoms with E-state index in [0.717, 1.165) is 38.5 Å². The standard InChI is InChI=1S/C64H125NO4/c1-3-5-7-9-11-13-15-17-19-21-23-25-27-28-29-30-31-32-33-34-35-37-39-41-43-45-47-49-51-53-55-57-59-63(68)65-61(60-66)64(69)62(67)58-56-54-52-50-48-46-44-42-40-38-36-26-24-22-20-18-16-14-12-10-8-6-4-2/h28-29,50,52,61-62,64,66-67,69H,3-27,30-49,51,53-60H2,1-2H3,(H,65,68)/b29-28-,52-50+. The van der Waals surface area contributed by atoms with Crippen LogP contribution in [0.25, 0.3) is 0 Å². The third-order valence-electron chi connectivity index (χ3n) is 15.0. The number of amides is 1. The molecule has 0 saturated carbocycles. The summed E-state index contributed by atoms with van der Waals surface area (Å²) in [6, 6.07) is -0.825. The van der Waals surface area contributed by atoms with Crippen LogP contribution in [0.15, 0.2) is 24.3 Å². The van der Waals surface area contributed by atoms with Crippen molar-refractivity contribution in [2.24, 2.45) is 0 Å². The number of nitrogens with one attached hydrogen (secondary N) is 1. The zero-order valence-electron chi connectivity index (χ0n) is 47.0. The van der Waals surface area contributed by atoms with Crippen LogP contribution >= 0.6 is 0 Å². The maximum Gasteiger partial charge on any atom is 0.220 e. The zero-order valence-corrected chi connectivity index (χ0v) is 47.0. The van der Waals surface area contributed by atoms with Gasteiger partial charge in [0.2, 0.25) is 5.91 Å². The number of rotatable bonds is 59.